The number of amides is 1. The average Bonchev–Trinajstić information content (AvgIpc) is 3.17. The van der Waals surface area contributed by atoms with Crippen molar-refractivity contribution >= 4 is 11.9 Å². The molecule has 0 atom stereocenters. The number of aromatic nitrogens is 2. The molecule has 0 aliphatic heterocycles. The second-order valence-electron chi connectivity index (χ2n) is 5.19. The summed E-state index contributed by atoms with van der Waals surface area (Å²) in [6.07, 6.45) is 1.47. The molecule has 0 unspecified atom stereocenters. The van der Waals surface area contributed by atoms with E-state index >= 15 is 0 Å². The number of alkyl halides is 2. The van der Waals surface area contributed by atoms with Gasteiger partial charge in [0.1, 0.15) is 6.54 Å². The van der Waals surface area contributed by atoms with E-state index in [1.807, 2.05) is 0 Å². The van der Waals surface area contributed by atoms with Crippen LogP contribution in [0.4, 0.5) is 8.78 Å². The predicted octanol–water partition coefficient (Wildman–Crippen LogP) is 1.51. The molecule has 21 heavy (non-hydrogen) atoms. The molecular formula is C13H17F2N3O3. The maximum Gasteiger partial charge on any atom is 0.333 e. The number of carboxylic acids is 1. The van der Waals surface area contributed by atoms with Crippen LogP contribution in [0.15, 0.2) is 0 Å². The van der Waals surface area contributed by atoms with Gasteiger partial charge in [-0.25, -0.2) is 4.68 Å². The maximum atomic E-state index is 12.8. The summed E-state index contributed by atoms with van der Waals surface area (Å²) in [7, 11) is 0. The van der Waals surface area contributed by atoms with Gasteiger partial charge in [0, 0.05) is 17.3 Å². The van der Waals surface area contributed by atoms with Gasteiger partial charge in [-0.1, -0.05) is 0 Å². The molecule has 1 aromatic rings. The number of carboxylic acid groups (broad SMARTS) is 1. The Balaban J connectivity index is 2.16. The van der Waals surface area contributed by atoms with Gasteiger partial charge in [0.05, 0.1) is 12.1 Å². The summed E-state index contributed by atoms with van der Waals surface area (Å²) in [6.45, 7) is -0.0726. The molecule has 1 heterocycles. The summed E-state index contributed by atoms with van der Waals surface area (Å²) in [5.41, 5.74) is 1.05. The van der Waals surface area contributed by atoms with Crippen LogP contribution in [0.3, 0.4) is 0 Å². The number of carbonyl (C=O) groups excluding carboxylic acids is 1. The number of aryl methyl sites for hydroxylation is 1. The Morgan fingerprint density at radius 2 is 2.05 bits per heavy atom. The Bertz CT molecular complexity index is 567. The zero-order valence-corrected chi connectivity index (χ0v) is 11.8. The Morgan fingerprint density at radius 3 is 2.48 bits per heavy atom. The molecule has 1 saturated carbocycles. The van der Waals surface area contributed by atoms with Crippen LogP contribution >= 0.6 is 0 Å². The van der Waals surface area contributed by atoms with E-state index in [0.717, 1.165) is 12.8 Å². The second-order valence-corrected chi connectivity index (χ2v) is 5.19. The van der Waals surface area contributed by atoms with Crippen molar-refractivity contribution in [3.63, 3.8) is 0 Å². The van der Waals surface area contributed by atoms with E-state index in [9.17, 15) is 18.4 Å². The van der Waals surface area contributed by atoms with Gasteiger partial charge in [0.25, 0.3) is 0 Å². The molecule has 0 radical (unpaired) electrons. The van der Waals surface area contributed by atoms with E-state index in [2.05, 4.69) is 5.10 Å². The summed E-state index contributed by atoms with van der Waals surface area (Å²) in [4.78, 5) is 24.4. The Morgan fingerprint density at radius 1 is 1.43 bits per heavy atom. The van der Waals surface area contributed by atoms with Crippen molar-refractivity contribution in [2.45, 2.75) is 45.7 Å². The molecule has 0 aromatic carbocycles. The summed E-state index contributed by atoms with van der Waals surface area (Å²) >= 11 is 0. The first kappa shape index (κ1) is 15.4. The lowest BCUT2D eigenvalue weighted by Crippen LogP contribution is -2.38. The first-order valence-electron chi connectivity index (χ1n) is 6.65. The lowest BCUT2D eigenvalue weighted by Gasteiger charge is -2.20. The van der Waals surface area contributed by atoms with Crippen molar-refractivity contribution in [2.75, 3.05) is 6.54 Å². The van der Waals surface area contributed by atoms with Gasteiger partial charge in [0.2, 0.25) is 5.91 Å². The van der Waals surface area contributed by atoms with Gasteiger partial charge in [0.15, 0.2) is 0 Å². The summed E-state index contributed by atoms with van der Waals surface area (Å²) < 4.78 is 26.1. The van der Waals surface area contributed by atoms with Gasteiger partial charge in [-0.15, -0.1) is 0 Å². The van der Waals surface area contributed by atoms with Crippen molar-refractivity contribution in [2.24, 2.45) is 0 Å². The predicted molar refractivity (Wildman–Crippen MR) is 69.0 cm³/mol. The second kappa shape index (κ2) is 5.79. The number of hydrogen-bond donors (Lipinski definition) is 1. The van der Waals surface area contributed by atoms with Gasteiger partial charge >= 0.3 is 12.5 Å². The van der Waals surface area contributed by atoms with Crippen LogP contribution in [0.25, 0.3) is 0 Å². The molecule has 1 fully saturated rings. The average molecular weight is 301 g/mol. The molecule has 1 aromatic heterocycles. The number of nitrogens with zero attached hydrogens (tertiary/aromatic N) is 3. The number of rotatable bonds is 6. The van der Waals surface area contributed by atoms with Gasteiger partial charge in [-0.3, -0.25) is 9.59 Å². The third kappa shape index (κ3) is 3.37. The van der Waals surface area contributed by atoms with Crippen molar-refractivity contribution in [1.82, 2.24) is 14.7 Å². The van der Waals surface area contributed by atoms with Gasteiger partial charge in [-0.2, -0.15) is 13.9 Å². The molecule has 1 aliphatic rings. The molecule has 0 saturated heterocycles. The number of halogens is 2. The van der Waals surface area contributed by atoms with Crippen molar-refractivity contribution in [3.8, 4) is 0 Å². The lowest BCUT2D eigenvalue weighted by molar-refractivity contribution is -0.144. The molecule has 1 amide bonds. The Hall–Kier alpha value is -1.99. The zero-order chi connectivity index (χ0) is 15.7. The quantitative estimate of drug-likeness (QED) is 0.864. The fourth-order valence-electron chi connectivity index (χ4n) is 2.35. The molecule has 2 rings (SSSR count). The fraction of sp³-hybridized carbons (Fsp3) is 0.615. The van der Waals surface area contributed by atoms with Gasteiger partial charge in [-0.05, 0) is 26.7 Å². The number of carbonyl (C=O) groups is 2. The molecule has 1 N–H and O–H groups in total. The highest BCUT2D eigenvalue weighted by atomic mass is 19.3. The van der Waals surface area contributed by atoms with E-state index in [1.165, 1.54) is 11.8 Å². The van der Waals surface area contributed by atoms with Crippen LogP contribution in [0.2, 0.25) is 0 Å². The highest BCUT2D eigenvalue weighted by Crippen LogP contribution is 2.28. The van der Waals surface area contributed by atoms with Crippen LogP contribution in [0.5, 0.6) is 0 Å². The van der Waals surface area contributed by atoms with E-state index < -0.39 is 12.5 Å². The molecule has 0 spiro atoms. The van der Waals surface area contributed by atoms with Crippen LogP contribution in [0, 0.1) is 13.8 Å². The smallest absolute Gasteiger partial charge is 0.333 e. The van der Waals surface area contributed by atoms with E-state index in [0.29, 0.717) is 15.9 Å². The van der Waals surface area contributed by atoms with Crippen LogP contribution in [0.1, 0.15) is 36.3 Å². The molecule has 8 heteroatoms. The first-order valence-corrected chi connectivity index (χ1v) is 6.65. The zero-order valence-electron chi connectivity index (χ0n) is 11.8. The van der Waals surface area contributed by atoms with Gasteiger partial charge < -0.3 is 10.0 Å². The molecular weight excluding hydrogens is 284 g/mol. The van der Waals surface area contributed by atoms with Crippen LogP contribution in [-0.4, -0.2) is 44.3 Å². The molecule has 116 valence electrons. The van der Waals surface area contributed by atoms with E-state index in [4.69, 9.17) is 5.11 Å². The van der Waals surface area contributed by atoms with Crippen LogP contribution < -0.4 is 0 Å². The minimum atomic E-state index is -2.76. The minimum Gasteiger partial charge on any atom is -0.480 e. The SMILES string of the molecule is Cc1nn(C(F)F)c(C)c1CC(=O)N(CC(=O)O)C1CC1. The first-order chi connectivity index (χ1) is 9.81. The van der Waals surface area contributed by atoms with Crippen molar-refractivity contribution in [1.29, 1.82) is 0 Å². The third-order valence-corrected chi connectivity index (χ3v) is 3.60. The normalized spacial score (nSPS) is 14.5. The number of aliphatic carboxylic acids is 1. The van der Waals surface area contributed by atoms with Crippen molar-refractivity contribution in [3.05, 3.63) is 17.0 Å². The monoisotopic (exact) mass is 301 g/mol. The lowest BCUT2D eigenvalue weighted by atomic mass is 10.1. The standard InChI is InChI=1S/C13H17F2N3O3/c1-7-10(8(2)18(16-7)13(14)15)5-11(19)17(6-12(20)21)9-3-4-9/h9,13H,3-6H2,1-2H3,(H,20,21). The molecule has 0 bridgehead atoms. The summed E-state index contributed by atoms with van der Waals surface area (Å²) in [5.74, 6) is -1.44. The molecule has 6 nitrogen and oxygen atoms in total. The highest BCUT2D eigenvalue weighted by Gasteiger charge is 2.34. The van der Waals surface area contributed by atoms with Crippen molar-refractivity contribution < 1.29 is 23.5 Å². The topological polar surface area (TPSA) is 75.4 Å². The van der Waals surface area contributed by atoms with E-state index in [-0.39, 0.29) is 30.6 Å². The Kier molecular flexibility index (Phi) is 4.24. The van der Waals surface area contributed by atoms with E-state index in [1.54, 1.807) is 6.92 Å². The highest BCUT2D eigenvalue weighted by molar-refractivity contribution is 5.84. The third-order valence-electron chi connectivity index (χ3n) is 3.60. The fourth-order valence-corrected chi connectivity index (χ4v) is 2.35. The minimum absolute atomic E-state index is 0.0423. The largest absolute Gasteiger partial charge is 0.480 e. The number of hydrogen-bond acceptors (Lipinski definition) is 3. The Labute approximate surface area is 120 Å². The van der Waals surface area contributed by atoms with Crippen LogP contribution in [-0.2, 0) is 16.0 Å². The summed E-state index contributed by atoms with van der Waals surface area (Å²) in [5, 5.41) is 12.6. The summed E-state index contributed by atoms with van der Waals surface area (Å²) in [6, 6.07) is -0.0423. The molecule has 1 aliphatic carbocycles. The maximum absolute atomic E-state index is 12.8.